The molecule has 2 aromatic carbocycles. The van der Waals surface area contributed by atoms with Gasteiger partial charge in [0.2, 0.25) is 11.8 Å². The van der Waals surface area contributed by atoms with Crippen molar-refractivity contribution >= 4 is 11.8 Å². The van der Waals surface area contributed by atoms with Gasteiger partial charge in [0.15, 0.2) is 0 Å². The van der Waals surface area contributed by atoms with Crippen molar-refractivity contribution in [1.29, 1.82) is 0 Å². The number of benzene rings is 2. The Balaban J connectivity index is 2.86. The molecular weight excluding hydrogens is 263 g/mol. The van der Waals surface area contributed by atoms with E-state index in [0.29, 0.717) is 0 Å². The lowest BCUT2D eigenvalue weighted by molar-refractivity contribution is 0.0999. The third-order valence-electron chi connectivity index (χ3n) is 2.82. The predicted octanol–water partition coefficient (Wildman–Crippen LogP) is 1.40. The van der Waals surface area contributed by atoms with Crippen LogP contribution in [0, 0.1) is 5.82 Å². The second-order valence-corrected chi connectivity index (χ2v) is 4.12. The number of hydrogen-bond donors (Lipinski definition) is 3. The zero-order valence-electron chi connectivity index (χ0n) is 10.3. The molecular formula is C14H11FN2O3. The number of amides is 2. The normalized spacial score (nSPS) is 10.2. The lowest BCUT2D eigenvalue weighted by atomic mass is 9.93. The molecule has 0 unspecified atom stereocenters. The molecule has 0 aromatic heterocycles. The van der Waals surface area contributed by atoms with Crippen LogP contribution in [0.5, 0.6) is 5.75 Å². The van der Waals surface area contributed by atoms with E-state index in [1.807, 2.05) is 0 Å². The van der Waals surface area contributed by atoms with Gasteiger partial charge in [0.25, 0.3) is 0 Å². The summed E-state index contributed by atoms with van der Waals surface area (Å²) in [6.45, 7) is 0. The summed E-state index contributed by atoms with van der Waals surface area (Å²) in [5, 5.41) is 9.83. The van der Waals surface area contributed by atoms with Gasteiger partial charge in [-0.2, -0.15) is 0 Å². The Hall–Kier alpha value is -2.89. The number of carbonyl (C=O) groups is 2. The summed E-state index contributed by atoms with van der Waals surface area (Å²) in [6, 6.07) is 7.34. The molecule has 6 heteroatoms. The van der Waals surface area contributed by atoms with Crippen LogP contribution in [0.2, 0.25) is 0 Å². The summed E-state index contributed by atoms with van der Waals surface area (Å²) >= 11 is 0. The van der Waals surface area contributed by atoms with Crippen molar-refractivity contribution in [3.8, 4) is 16.9 Å². The molecule has 5 nitrogen and oxygen atoms in total. The van der Waals surface area contributed by atoms with Crippen molar-refractivity contribution in [2.24, 2.45) is 11.5 Å². The minimum Gasteiger partial charge on any atom is -0.507 e. The fourth-order valence-corrected chi connectivity index (χ4v) is 1.96. The van der Waals surface area contributed by atoms with Crippen molar-refractivity contribution in [3.05, 3.63) is 53.3 Å². The molecule has 2 rings (SSSR count). The fourth-order valence-electron chi connectivity index (χ4n) is 1.96. The smallest absolute Gasteiger partial charge is 0.249 e. The number of aromatic hydroxyl groups is 1. The minimum absolute atomic E-state index is 0.0181. The van der Waals surface area contributed by atoms with E-state index in [4.69, 9.17) is 11.5 Å². The number of halogens is 1. The Kier molecular flexibility index (Phi) is 3.39. The van der Waals surface area contributed by atoms with Crippen molar-refractivity contribution in [3.63, 3.8) is 0 Å². The monoisotopic (exact) mass is 274 g/mol. The van der Waals surface area contributed by atoms with Crippen molar-refractivity contribution in [1.82, 2.24) is 0 Å². The van der Waals surface area contributed by atoms with Crippen LogP contribution in [0.4, 0.5) is 4.39 Å². The Morgan fingerprint density at radius 3 is 2.05 bits per heavy atom. The van der Waals surface area contributed by atoms with E-state index >= 15 is 0 Å². The summed E-state index contributed by atoms with van der Waals surface area (Å²) < 4.78 is 13.4. The molecule has 2 aromatic rings. The lowest BCUT2D eigenvalue weighted by Crippen LogP contribution is -2.18. The highest BCUT2D eigenvalue weighted by molar-refractivity contribution is 6.08. The highest BCUT2D eigenvalue weighted by Crippen LogP contribution is 2.34. The summed E-state index contributed by atoms with van der Waals surface area (Å²) in [4.78, 5) is 22.9. The number of carbonyl (C=O) groups excluding carboxylic acids is 2. The number of nitrogens with two attached hydrogens (primary N) is 2. The molecule has 0 aliphatic carbocycles. The molecule has 0 heterocycles. The number of rotatable bonds is 3. The SMILES string of the molecule is NC(=O)c1cccc(C(N)=O)c1-c1cc(F)ccc1O. The van der Waals surface area contributed by atoms with Gasteiger partial charge in [-0.3, -0.25) is 9.59 Å². The molecule has 0 bridgehead atoms. The van der Waals surface area contributed by atoms with Crippen LogP contribution in [0.15, 0.2) is 36.4 Å². The quantitative estimate of drug-likeness (QED) is 0.787. The maximum Gasteiger partial charge on any atom is 0.249 e. The van der Waals surface area contributed by atoms with Crippen LogP contribution in [0.1, 0.15) is 20.7 Å². The molecule has 0 aliphatic heterocycles. The molecule has 5 N–H and O–H groups in total. The van der Waals surface area contributed by atoms with E-state index in [9.17, 15) is 19.1 Å². The van der Waals surface area contributed by atoms with E-state index in [2.05, 4.69) is 0 Å². The molecule has 20 heavy (non-hydrogen) atoms. The molecule has 0 atom stereocenters. The van der Waals surface area contributed by atoms with E-state index in [1.54, 1.807) is 0 Å². The Morgan fingerprint density at radius 1 is 1.00 bits per heavy atom. The van der Waals surface area contributed by atoms with Gasteiger partial charge in [-0.25, -0.2) is 4.39 Å². The van der Waals surface area contributed by atoms with Gasteiger partial charge in [0.05, 0.1) is 0 Å². The molecule has 0 saturated heterocycles. The third kappa shape index (κ3) is 2.31. The standard InChI is InChI=1S/C14H11FN2O3/c15-7-4-5-11(18)10(6-7)12-8(13(16)19)2-1-3-9(12)14(17)20/h1-6,18H,(H2,16,19)(H2,17,20). The first kappa shape index (κ1) is 13.5. The van der Waals surface area contributed by atoms with E-state index in [0.717, 1.165) is 18.2 Å². The molecule has 0 fully saturated rings. The molecule has 0 aliphatic rings. The van der Waals surface area contributed by atoms with Gasteiger partial charge >= 0.3 is 0 Å². The fraction of sp³-hybridized carbons (Fsp3) is 0. The number of phenols is 1. The van der Waals surface area contributed by atoms with Crippen LogP contribution in [0.3, 0.4) is 0 Å². The van der Waals surface area contributed by atoms with Gasteiger partial charge in [-0.05, 0) is 30.3 Å². The maximum atomic E-state index is 13.4. The Morgan fingerprint density at radius 2 is 1.55 bits per heavy atom. The van der Waals surface area contributed by atoms with E-state index < -0.39 is 17.6 Å². The minimum atomic E-state index is -0.813. The molecule has 0 radical (unpaired) electrons. The highest BCUT2D eigenvalue weighted by Gasteiger charge is 2.20. The Bertz CT molecular complexity index is 681. The number of hydrogen-bond acceptors (Lipinski definition) is 3. The molecule has 0 spiro atoms. The summed E-state index contributed by atoms with van der Waals surface area (Å²) in [5.74, 6) is -2.55. The van der Waals surface area contributed by atoms with Gasteiger partial charge < -0.3 is 16.6 Å². The second kappa shape index (κ2) is 5.00. The maximum absolute atomic E-state index is 13.4. The van der Waals surface area contributed by atoms with E-state index in [-0.39, 0.29) is 28.0 Å². The highest BCUT2D eigenvalue weighted by atomic mass is 19.1. The van der Waals surface area contributed by atoms with Gasteiger partial charge in [-0.15, -0.1) is 0 Å². The van der Waals surface area contributed by atoms with Crippen molar-refractivity contribution < 1.29 is 19.1 Å². The number of phenolic OH excluding ortho intramolecular Hbond substituents is 1. The van der Waals surface area contributed by atoms with Gasteiger partial charge in [0, 0.05) is 22.3 Å². The molecule has 2 amide bonds. The lowest BCUT2D eigenvalue weighted by Gasteiger charge is -2.12. The van der Waals surface area contributed by atoms with Gasteiger partial charge in [-0.1, -0.05) is 6.07 Å². The first-order chi connectivity index (χ1) is 9.41. The largest absolute Gasteiger partial charge is 0.507 e. The molecule has 102 valence electrons. The zero-order chi connectivity index (χ0) is 14.9. The average molecular weight is 274 g/mol. The van der Waals surface area contributed by atoms with E-state index in [1.165, 1.54) is 18.2 Å². The van der Waals surface area contributed by atoms with Crippen LogP contribution in [0.25, 0.3) is 11.1 Å². The third-order valence-corrected chi connectivity index (χ3v) is 2.82. The van der Waals surface area contributed by atoms with Crippen LogP contribution in [-0.2, 0) is 0 Å². The summed E-state index contributed by atoms with van der Waals surface area (Å²) in [6.07, 6.45) is 0. The number of primary amides is 2. The molecule has 0 saturated carbocycles. The first-order valence-corrected chi connectivity index (χ1v) is 5.63. The van der Waals surface area contributed by atoms with Crippen molar-refractivity contribution in [2.75, 3.05) is 0 Å². The first-order valence-electron chi connectivity index (χ1n) is 5.63. The van der Waals surface area contributed by atoms with Gasteiger partial charge in [0.1, 0.15) is 11.6 Å². The topological polar surface area (TPSA) is 106 Å². The predicted molar refractivity (Wildman–Crippen MR) is 70.5 cm³/mol. The van der Waals surface area contributed by atoms with Crippen molar-refractivity contribution in [2.45, 2.75) is 0 Å². The van der Waals surface area contributed by atoms with Crippen LogP contribution in [-0.4, -0.2) is 16.9 Å². The summed E-state index contributed by atoms with van der Waals surface area (Å²) in [7, 11) is 0. The van der Waals surface area contributed by atoms with Crippen LogP contribution >= 0.6 is 0 Å². The Labute approximate surface area is 113 Å². The zero-order valence-corrected chi connectivity index (χ0v) is 10.3. The summed E-state index contributed by atoms with van der Waals surface area (Å²) in [5.41, 5.74) is 10.4. The average Bonchev–Trinajstić information content (AvgIpc) is 2.40. The second-order valence-electron chi connectivity index (χ2n) is 4.12. The van der Waals surface area contributed by atoms with Crippen LogP contribution < -0.4 is 11.5 Å².